The van der Waals surface area contributed by atoms with Crippen molar-refractivity contribution in [2.24, 2.45) is 0 Å². The summed E-state index contributed by atoms with van der Waals surface area (Å²) in [4.78, 5) is 29.2. The predicted molar refractivity (Wildman–Crippen MR) is 124 cm³/mol. The Balaban J connectivity index is 1.50. The number of nitro benzene ring substituents is 1. The molecule has 0 atom stereocenters. The van der Waals surface area contributed by atoms with Crippen molar-refractivity contribution < 1.29 is 14.1 Å². The van der Waals surface area contributed by atoms with Gasteiger partial charge in [0.15, 0.2) is 0 Å². The largest absolute Gasteiger partial charge is 0.411 e. The lowest BCUT2D eigenvalue weighted by molar-refractivity contribution is -0.384. The molecule has 0 radical (unpaired) electrons. The van der Waals surface area contributed by atoms with Crippen molar-refractivity contribution in [1.82, 2.24) is 15.2 Å². The molecule has 166 valence electrons. The molecule has 2 aromatic carbocycles. The molecular weight excluding hydrogens is 466 g/mol. The minimum absolute atomic E-state index is 0.0270. The SMILES string of the molecule is O=C(CSc1nnc(-c2cccnc2)o1)N(Cc1ccc(Cl)cc1)c1ccc([N+](=O)[O-])cc1. The Morgan fingerprint density at radius 3 is 2.52 bits per heavy atom. The smallest absolute Gasteiger partial charge is 0.277 e. The van der Waals surface area contributed by atoms with Gasteiger partial charge in [0.05, 0.1) is 22.8 Å². The predicted octanol–water partition coefficient (Wildman–Crippen LogP) is 5.02. The van der Waals surface area contributed by atoms with Crippen LogP contribution < -0.4 is 4.90 Å². The molecule has 33 heavy (non-hydrogen) atoms. The zero-order chi connectivity index (χ0) is 23.2. The molecule has 0 spiro atoms. The highest BCUT2D eigenvalue weighted by atomic mass is 35.5. The molecule has 9 nitrogen and oxygen atoms in total. The van der Waals surface area contributed by atoms with Gasteiger partial charge in [-0.1, -0.05) is 35.5 Å². The number of rotatable bonds is 8. The molecule has 4 aromatic rings. The molecule has 2 heterocycles. The van der Waals surface area contributed by atoms with E-state index in [0.29, 0.717) is 22.2 Å². The van der Waals surface area contributed by atoms with Crippen LogP contribution in [0, 0.1) is 10.1 Å². The molecule has 0 aliphatic rings. The molecule has 0 saturated heterocycles. The van der Waals surface area contributed by atoms with E-state index in [9.17, 15) is 14.9 Å². The number of hydrogen-bond donors (Lipinski definition) is 0. The van der Waals surface area contributed by atoms with Gasteiger partial charge in [-0.25, -0.2) is 0 Å². The van der Waals surface area contributed by atoms with E-state index in [4.69, 9.17) is 16.0 Å². The lowest BCUT2D eigenvalue weighted by Crippen LogP contribution is -2.31. The van der Waals surface area contributed by atoms with Crippen molar-refractivity contribution in [2.75, 3.05) is 10.7 Å². The van der Waals surface area contributed by atoms with E-state index in [1.165, 1.54) is 12.1 Å². The highest BCUT2D eigenvalue weighted by Crippen LogP contribution is 2.26. The van der Waals surface area contributed by atoms with Crippen LogP contribution in [0.5, 0.6) is 0 Å². The first kappa shape index (κ1) is 22.4. The fraction of sp³-hybridized carbons (Fsp3) is 0.0909. The summed E-state index contributed by atoms with van der Waals surface area (Å²) in [5.41, 5.74) is 2.01. The van der Waals surface area contributed by atoms with E-state index in [1.807, 2.05) is 12.1 Å². The zero-order valence-corrected chi connectivity index (χ0v) is 18.6. The van der Waals surface area contributed by atoms with Gasteiger partial charge in [0.1, 0.15) is 0 Å². The second kappa shape index (κ2) is 10.2. The molecule has 0 bridgehead atoms. The molecule has 0 fully saturated rings. The van der Waals surface area contributed by atoms with Crippen LogP contribution in [0.15, 0.2) is 82.7 Å². The maximum absolute atomic E-state index is 13.1. The quantitative estimate of drug-likeness (QED) is 0.196. The Kier molecular flexibility index (Phi) is 6.96. The normalized spacial score (nSPS) is 10.7. The Morgan fingerprint density at radius 2 is 1.85 bits per heavy atom. The molecule has 0 unspecified atom stereocenters. The number of pyridine rings is 1. The zero-order valence-electron chi connectivity index (χ0n) is 17.0. The standard InChI is InChI=1S/C22H16ClN5O4S/c23-17-5-3-15(4-6-17)13-27(18-7-9-19(10-8-18)28(30)31)20(29)14-33-22-26-25-21(32-22)16-2-1-11-24-12-16/h1-12H,13-14H2. The summed E-state index contributed by atoms with van der Waals surface area (Å²) in [5.74, 6) is 0.107. The van der Waals surface area contributed by atoms with Crippen LogP contribution in [0.4, 0.5) is 11.4 Å². The molecule has 0 aliphatic carbocycles. The molecule has 2 aromatic heterocycles. The average molecular weight is 482 g/mol. The maximum atomic E-state index is 13.1. The third-order valence-electron chi connectivity index (χ3n) is 4.56. The highest BCUT2D eigenvalue weighted by Gasteiger charge is 2.20. The number of hydrogen-bond acceptors (Lipinski definition) is 8. The first-order chi connectivity index (χ1) is 16.0. The molecule has 4 rings (SSSR count). The Bertz CT molecular complexity index is 1250. The third kappa shape index (κ3) is 5.73. The Labute approximate surface area is 197 Å². The molecule has 0 saturated carbocycles. The van der Waals surface area contributed by atoms with Crippen molar-refractivity contribution in [3.8, 4) is 11.5 Å². The number of halogens is 1. The number of nitrogens with zero attached hydrogens (tertiary/aromatic N) is 5. The number of benzene rings is 2. The number of carbonyl (C=O) groups is 1. The average Bonchev–Trinajstić information content (AvgIpc) is 3.32. The van der Waals surface area contributed by atoms with Gasteiger partial charge in [-0.05, 0) is 42.0 Å². The summed E-state index contributed by atoms with van der Waals surface area (Å²) in [7, 11) is 0. The van der Waals surface area contributed by atoms with Gasteiger partial charge < -0.3 is 9.32 Å². The van der Waals surface area contributed by atoms with Gasteiger partial charge in [0.2, 0.25) is 11.8 Å². The summed E-state index contributed by atoms with van der Waals surface area (Å²) >= 11 is 7.07. The minimum atomic E-state index is -0.486. The van der Waals surface area contributed by atoms with E-state index >= 15 is 0 Å². The topological polar surface area (TPSA) is 115 Å². The van der Waals surface area contributed by atoms with Crippen LogP contribution in [0.25, 0.3) is 11.5 Å². The number of aromatic nitrogens is 3. The Morgan fingerprint density at radius 1 is 1.09 bits per heavy atom. The molecule has 1 amide bonds. The molecule has 0 aliphatic heterocycles. The fourth-order valence-corrected chi connectivity index (χ4v) is 3.69. The molecular formula is C22H16ClN5O4S. The number of non-ortho nitro benzene ring substituents is 1. The number of amides is 1. The van der Waals surface area contributed by atoms with Crippen molar-refractivity contribution >= 4 is 40.6 Å². The van der Waals surface area contributed by atoms with Gasteiger partial charge in [-0.3, -0.25) is 19.9 Å². The van der Waals surface area contributed by atoms with Gasteiger partial charge in [-0.15, -0.1) is 10.2 Å². The van der Waals surface area contributed by atoms with Crippen LogP contribution in [0.3, 0.4) is 0 Å². The number of anilines is 1. The van der Waals surface area contributed by atoms with Gasteiger partial charge in [0.25, 0.3) is 10.9 Å². The summed E-state index contributed by atoms with van der Waals surface area (Å²) in [6.07, 6.45) is 3.25. The monoisotopic (exact) mass is 481 g/mol. The summed E-state index contributed by atoms with van der Waals surface area (Å²) in [6.45, 7) is 0.263. The second-order valence-electron chi connectivity index (χ2n) is 6.78. The van der Waals surface area contributed by atoms with E-state index < -0.39 is 4.92 Å². The number of nitro groups is 1. The minimum Gasteiger partial charge on any atom is -0.411 e. The molecule has 0 N–H and O–H groups in total. The molecule has 11 heteroatoms. The number of thioether (sulfide) groups is 1. The van der Waals surface area contributed by atoms with Crippen molar-refractivity contribution in [2.45, 2.75) is 11.8 Å². The van der Waals surface area contributed by atoms with Crippen molar-refractivity contribution in [3.63, 3.8) is 0 Å². The lowest BCUT2D eigenvalue weighted by atomic mass is 10.2. The summed E-state index contributed by atoms with van der Waals surface area (Å²) < 4.78 is 5.62. The number of carbonyl (C=O) groups excluding carboxylic acids is 1. The van der Waals surface area contributed by atoms with Crippen LogP contribution in [-0.4, -0.2) is 31.8 Å². The fourth-order valence-electron chi connectivity index (χ4n) is 2.93. The van der Waals surface area contributed by atoms with Gasteiger partial charge in [-0.2, -0.15) is 0 Å². The third-order valence-corrected chi connectivity index (χ3v) is 5.62. The van der Waals surface area contributed by atoms with E-state index in [1.54, 1.807) is 53.7 Å². The van der Waals surface area contributed by atoms with E-state index in [-0.39, 0.29) is 29.1 Å². The van der Waals surface area contributed by atoms with Crippen LogP contribution in [-0.2, 0) is 11.3 Å². The summed E-state index contributed by atoms with van der Waals surface area (Å²) in [5, 5.41) is 19.8. The van der Waals surface area contributed by atoms with Crippen molar-refractivity contribution in [3.05, 3.63) is 93.8 Å². The van der Waals surface area contributed by atoms with Crippen LogP contribution >= 0.6 is 23.4 Å². The lowest BCUT2D eigenvalue weighted by Gasteiger charge is -2.22. The van der Waals surface area contributed by atoms with Gasteiger partial charge >= 0.3 is 0 Å². The van der Waals surface area contributed by atoms with E-state index in [2.05, 4.69) is 15.2 Å². The van der Waals surface area contributed by atoms with Gasteiger partial charge in [0, 0.05) is 35.2 Å². The second-order valence-corrected chi connectivity index (χ2v) is 8.15. The van der Waals surface area contributed by atoms with Crippen LogP contribution in [0.1, 0.15) is 5.56 Å². The summed E-state index contributed by atoms with van der Waals surface area (Å²) in [6, 6.07) is 16.5. The first-order valence-electron chi connectivity index (χ1n) is 9.65. The van der Waals surface area contributed by atoms with Crippen molar-refractivity contribution in [1.29, 1.82) is 0 Å². The first-order valence-corrected chi connectivity index (χ1v) is 11.0. The Hall–Kier alpha value is -3.76. The maximum Gasteiger partial charge on any atom is 0.277 e. The van der Waals surface area contributed by atoms with E-state index in [0.717, 1.165) is 17.3 Å². The highest BCUT2D eigenvalue weighted by molar-refractivity contribution is 7.99. The van der Waals surface area contributed by atoms with Crippen LogP contribution in [0.2, 0.25) is 5.02 Å².